The predicted octanol–water partition coefficient (Wildman–Crippen LogP) is 4.06. The van der Waals surface area contributed by atoms with Crippen molar-refractivity contribution in [3.05, 3.63) is 40.6 Å². The highest BCUT2D eigenvalue weighted by Crippen LogP contribution is 2.29. The molecule has 1 aliphatic heterocycles. The predicted molar refractivity (Wildman–Crippen MR) is 81.9 cm³/mol. The summed E-state index contributed by atoms with van der Waals surface area (Å²) in [5.41, 5.74) is 4.40. The monoisotopic (exact) mass is 313 g/mol. The van der Waals surface area contributed by atoms with E-state index in [1.807, 2.05) is 6.20 Å². The Bertz CT molecular complexity index is 817. The Hall–Kier alpha value is -1.68. The van der Waals surface area contributed by atoms with Crippen molar-refractivity contribution in [2.75, 3.05) is 6.54 Å². The summed E-state index contributed by atoms with van der Waals surface area (Å²) in [4.78, 5) is 12.6. The standard InChI is InChI=1S/C15H12BrN3/c16-9-3-4-10-11-5-7-18-15(12-2-1-6-17-12)14(11)19-13(10)8-9/h3-5,7-8,19H,1-2,6H2. The van der Waals surface area contributed by atoms with Crippen molar-refractivity contribution in [2.24, 2.45) is 4.99 Å². The van der Waals surface area contributed by atoms with Crippen LogP contribution < -0.4 is 0 Å². The molecule has 3 aromatic rings. The molecule has 0 aliphatic carbocycles. The van der Waals surface area contributed by atoms with E-state index in [2.05, 4.69) is 55.2 Å². The molecule has 0 unspecified atom stereocenters. The molecular weight excluding hydrogens is 302 g/mol. The summed E-state index contributed by atoms with van der Waals surface area (Å²) in [6, 6.07) is 8.39. The first-order valence-corrected chi connectivity index (χ1v) is 7.22. The second-order valence-electron chi connectivity index (χ2n) is 4.83. The van der Waals surface area contributed by atoms with Crippen LogP contribution >= 0.6 is 15.9 Å². The molecule has 0 amide bonds. The van der Waals surface area contributed by atoms with Gasteiger partial charge in [-0.2, -0.15) is 0 Å². The lowest BCUT2D eigenvalue weighted by atomic mass is 10.1. The molecule has 0 bridgehead atoms. The second-order valence-corrected chi connectivity index (χ2v) is 5.74. The molecule has 0 radical (unpaired) electrons. The Morgan fingerprint density at radius 2 is 2.11 bits per heavy atom. The van der Waals surface area contributed by atoms with E-state index >= 15 is 0 Å². The maximum absolute atomic E-state index is 4.57. The minimum absolute atomic E-state index is 0.930. The minimum atomic E-state index is 0.930. The lowest BCUT2D eigenvalue weighted by Gasteiger charge is -2.01. The first kappa shape index (κ1) is 11.2. The van der Waals surface area contributed by atoms with Crippen LogP contribution in [0.2, 0.25) is 0 Å². The van der Waals surface area contributed by atoms with Gasteiger partial charge in [-0.25, -0.2) is 0 Å². The summed E-state index contributed by atoms with van der Waals surface area (Å²) in [5, 5.41) is 2.46. The number of rotatable bonds is 1. The maximum atomic E-state index is 4.57. The number of nitrogens with zero attached hydrogens (tertiary/aromatic N) is 2. The van der Waals surface area contributed by atoms with Crippen LogP contribution in [0.3, 0.4) is 0 Å². The number of benzene rings is 1. The third kappa shape index (κ3) is 1.70. The number of aromatic amines is 1. The minimum Gasteiger partial charge on any atom is -0.353 e. The van der Waals surface area contributed by atoms with Gasteiger partial charge in [-0.05, 0) is 31.0 Å². The highest BCUT2D eigenvalue weighted by atomic mass is 79.9. The van der Waals surface area contributed by atoms with E-state index in [-0.39, 0.29) is 0 Å². The van der Waals surface area contributed by atoms with Crippen molar-refractivity contribution in [3.8, 4) is 0 Å². The molecule has 3 nitrogen and oxygen atoms in total. The van der Waals surface area contributed by atoms with Gasteiger partial charge >= 0.3 is 0 Å². The molecule has 4 heteroatoms. The lowest BCUT2D eigenvalue weighted by molar-refractivity contribution is 0.951. The summed E-state index contributed by atoms with van der Waals surface area (Å²) < 4.78 is 1.08. The average Bonchev–Trinajstić information content (AvgIpc) is 3.04. The van der Waals surface area contributed by atoms with Crippen molar-refractivity contribution < 1.29 is 0 Å². The summed E-state index contributed by atoms with van der Waals surface area (Å²) in [5.74, 6) is 0. The third-order valence-electron chi connectivity index (χ3n) is 3.63. The van der Waals surface area contributed by atoms with Crippen LogP contribution in [0.4, 0.5) is 0 Å². The van der Waals surface area contributed by atoms with E-state index in [0.29, 0.717) is 0 Å². The molecule has 94 valence electrons. The third-order valence-corrected chi connectivity index (χ3v) is 4.12. The molecule has 1 aliphatic rings. The van der Waals surface area contributed by atoms with E-state index in [9.17, 15) is 0 Å². The number of pyridine rings is 1. The van der Waals surface area contributed by atoms with Crippen molar-refractivity contribution >= 4 is 43.4 Å². The molecule has 0 spiro atoms. The fourth-order valence-corrected chi connectivity index (χ4v) is 3.11. The number of hydrogen-bond acceptors (Lipinski definition) is 2. The summed E-state index contributed by atoms with van der Waals surface area (Å²) >= 11 is 3.52. The molecule has 0 atom stereocenters. The topological polar surface area (TPSA) is 41.0 Å². The Kier molecular flexibility index (Phi) is 2.45. The second kappa shape index (κ2) is 4.17. The van der Waals surface area contributed by atoms with Gasteiger partial charge < -0.3 is 4.98 Å². The molecule has 0 fully saturated rings. The number of aromatic nitrogens is 2. The quantitative estimate of drug-likeness (QED) is 0.723. The molecule has 4 rings (SSSR count). The fourth-order valence-electron chi connectivity index (χ4n) is 2.75. The number of aliphatic imine (C=N–C) groups is 1. The normalized spacial score (nSPS) is 15.3. The Morgan fingerprint density at radius 3 is 2.95 bits per heavy atom. The molecular formula is C15H12BrN3. The van der Waals surface area contributed by atoms with E-state index in [1.165, 1.54) is 10.8 Å². The van der Waals surface area contributed by atoms with Gasteiger partial charge in [-0.1, -0.05) is 22.0 Å². The highest BCUT2D eigenvalue weighted by Gasteiger charge is 2.16. The SMILES string of the molecule is Brc1ccc2c(c1)[nH]c1c(C3=NCCC3)nccc12. The zero-order chi connectivity index (χ0) is 12.8. The van der Waals surface area contributed by atoms with E-state index in [4.69, 9.17) is 0 Å². The molecule has 3 heterocycles. The zero-order valence-electron chi connectivity index (χ0n) is 10.3. The summed E-state index contributed by atoms with van der Waals surface area (Å²) in [7, 11) is 0. The molecule has 1 aromatic carbocycles. The smallest absolute Gasteiger partial charge is 0.108 e. The maximum Gasteiger partial charge on any atom is 0.108 e. The zero-order valence-corrected chi connectivity index (χ0v) is 11.9. The van der Waals surface area contributed by atoms with Crippen molar-refractivity contribution in [3.63, 3.8) is 0 Å². The van der Waals surface area contributed by atoms with Crippen molar-refractivity contribution in [2.45, 2.75) is 12.8 Å². The van der Waals surface area contributed by atoms with Crippen LogP contribution in [0.1, 0.15) is 18.5 Å². The molecule has 0 saturated carbocycles. The van der Waals surface area contributed by atoms with Crippen LogP contribution in [-0.2, 0) is 0 Å². The van der Waals surface area contributed by atoms with E-state index in [1.54, 1.807) is 0 Å². The van der Waals surface area contributed by atoms with Crippen molar-refractivity contribution in [1.29, 1.82) is 0 Å². The fraction of sp³-hybridized carbons (Fsp3) is 0.200. The summed E-state index contributed by atoms with van der Waals surface area (Å²) in [6.07, 6.45) is 4.05. The van der Waals surface area contributed by atoms with Gasteiger partial charge in [0.25, 0.3) is 0 Å². The van der Waals surface area contributed by atoms with Crippen LogP contribution in [0.15, 0.2) is 39.9 Å². The summed E-state index contributed by atoms with van der Waals surface area (Å²) in [6.45, 7) is 0.930. The van der Waals surface area contributed by atoms with Crippen LogP contribution in [-0.4, -0.2) is 22.2 Å². The van der Waals surface area contributed by atoms with Gasteiger partial charge in [-0.15, -0.1) is 0 Å². The Morgan fingerprint density at radius 1 is 1.16 bits per heavy atom. The first-order chi connectivity index (χ1) is 9.33. The first-order valence-electron chi connectivity index (χ1n) is 6.42. The van der Waals surface area contributed by atoms with E-state index < -0.39 is 0 Å². The van der Waals surface area contributed by atoms with Crippen LogP contribution in [0, 0.1) is 0 Å². The number of hydrogen-bond donors (Lipinski definition) is 1. The number of H-pyrrole nitrogens is 1. The molecule has 19 heavy (non-hydrogen) atoms. The van der Waals surface area contributed by atoms with Gasteiger partial charge in [0.05, 0.1) is 11.2 Å². The van der Waals surface area contributed by atoms with Crippen molar-refractivity contribution in [1.82, 2.24) is 9.97 Å². The lowest BCUT2D eigenvalue weighted by Crippen LogP contribution is -2.00. The number of fused-ring (bicyclic) bond motifs is 3. The highest BCUT2D eigenvalue weighted by molar-refractivity contribution is 9.10. The Labute approximate surface area is 118 Å². The van der Waals surface area contributed by atoms with Crippen LogP contribution in [0.25, 0.3) is 21.8 Å². The van der Waals surface area contributed by atoms with E-state index in [0.717, 1.165) is 46.3 Å². The molecule has 0 saturated heterocycles. The number of halogens is 1. The molecule has 1 N–H and O–H groups in total. The van der Waals surface area contributed by atoms with Gasteiger partial charge in [0, 0.05) is 33.5 Å². The largest absolute Gasteiger partial charge is 0.353 e. The average molecular weight is 314 g/mol. The van der Waals surface area contributed by atoms with Gasteiger partial charge in [-0.3, -0.25) is 9.98 Å². The molecule has 2 aromatic heterocycles. The van der Waals surface area contributed by atoms with Gasteiger partial charge in [0.1, 0.15) is 5.69 Å². The van der Waals surface area contributed by atoms with Gasteiger partial charge in [0.15, 0.2) is 0 Å². The number of nitrogens with one attached hydrogen (secondary N) is 1. The Balaban J connectivity index is 2.08. The van der Waals surface area contributed by atoms with Crippen LogP contribution in [0.5, 0.6) is 0 Å². The van der Waals surface area contributed by atoms with Gasteiger partial charge in [0.2, 0.25) is 0 Å².